The molecule has 0 saturated carbocycles. The van der Waals surface area contributed by atoms with Crippen molar-refractivity contribution >= 4 is 27.5 Å². The number of rotatable bonds is 7. The summed E-state index contributed by atoms with van der Waals surface area (Å²) < 4.78 is 31.3. The fourth-order valence-corrected chi connectivity index (χ4v) is 2.76. The lowest BCUT2D eigenvalue weighted by molar-refractivity contribution is -0.119. The summed E-state index contributed by atoms with van der Waals surface area (Å²) in [5.74, 6) is -0.317. The summed E-state index contributed by atoms with van der Waals surface area (Å²) in [5.41, 5.74) is 0. The molecule has 0 atom stereocenters. The molecule has 0 spiro atoms. The molecular formula is C12H15ClN2O4S. The molecule has 0 aliphatic heterocycles. The zero-order valence-corrected chi connectivity index (χ0v) is 12.4. The van der Waals surface area contributed by atoms with Gasteiger partial charge in [-0.1, -0.05) is 17.7 Å². The van der Waals surface area contributed by atoms with Crippen molar-refractivity contribution in [1.82, 2.24) is 10.0 Å². The Hall–Kier alpha value is -1.57. The van der Waals surface area contributed by atoms with E-state index in [1.807, 2.05) is 0 Å². The fourth-order valence-electron chi connectivity index (χ4n) is 1.35. The number of hydrogen-bond donors (Lipinski definition) is 2. The number of ether oxygens (including phenoxy) is 1. The summed E-state index contributed by atoms with van der Waals surface area (Å²) in [4.78, 5) is 11.2. The van der Waals surface area contributed by atoms with E-state index in [4.69, 9.17) is 16.3 Å². The van der Waals surface area contributed by atoms with Gasteiger partial charge in [-0.15, -0.1) is 6.58 Å². The molecule has 0 radical (unpaired) electrons. The molecule has 1 amide bonds. The maximum absolute atomic E-state index is 12.1. The molecule has 20 heavy (non-hydrogen) atoms. The Morgan fingerprint density at radius 3 is 2.80 bits per heavy atom. The van der Waals surface area contributed by atoms with Crippen LogP contribution in [0.25, 0.3) is 0 Å². The Balaban J connectivity index is 2.86. The van der Waals surface area contributed by atoms with Gasteiger partial charge in [-0.05, 0) is 18.2 Å². The highest BCUT2D eigenvalue weighted by Crippen LogP contribution is 2.26. The highest BCUT2D eigenvalue weighted by molar-refractivity contribution is 7.89. The molecule has 0 fully saturated rings. The van der Waals surface area contributed by atoms with Gasteiger partial charge in [0.15, 0.2) is 0 Å². The van der Waals surface area contributed by atoms with Crippen LogP contribution in [0.1, 0.15) is 0 Å². The van der Waals surface area contributed by atoms with E-state index in [1.54, 1.807) is 0 Å². The fraction of sp³-hybridized carbons (Fsp3) is 0.250. The van der Waals surface area contributed by atoms with E-state index in [1.165, 1.54) is 31.4 Å². The SMILES string of the molecule is C=CCNC(=O)CNS(=O)(=O)c1cc(Cl)ccc1OC. The van der Waals surface area contributed by atoms with Gasteiger partial charge >= 0.3 is 0 Å². The lowest BCUT2D eigenvalue weighted by Gasteiger charge is -2.11. The normalized spacial score (nSPS) is 10.9. The first-order chi connectivity index (χ1) is 9.40. The van der Waals surface area contributed by atoms with Crippen LogP contribution in [0.15, 0.2) is 35.7 Å². The number of carbonyl (C=O) groups is 1. The number of carbonyl (C=O) groups excluding carboxylic acids is 1. The second kappa shape index (κ2) is 7.28. The molecule has 0 unspecified atom stereocenters. The van der Waals surface area contributed by atoms with E-state index in [0.717, 1.165) is 0 Å². The van der Waals surface area contributed by atoms with Crippen molar-refractivity contribution in [3.63, 3.8) is 0 Å². The van der Waals surface area contributed by atoms with Crippen LogP contribution in [0.2, 0.25) is 5.02 Å². The van der Waals surface area contributed by atoms with Crippen molar-refractivity contribution in [2.75, 3.05) is 20.2 Å². The first kappa shape index (κ1) is 16.5. The minimum atomic E-state index is -3.89. The minimum Gasteiger partial charge on any atom is -0.495 e. The van der Waals surface area contributed by atoms with E-state index in [-0.39, 0.29) is 28.8 Å². The summed E-state index contributed by atoms with van der Waals surface area (Å²) in [6, 6.07) is 4.20. The van der Waals surface area contributed by atoms with E-state index in [2.05, 4.69) is 16.6 Å². The topological polar surface area (TPSA) is 84.5 Å². The second-order valence-corrected chi connectivity index (χ2v) is 5.88. The third-order valence-electron chi connectivity index (χ3n) is 2.28. The third kappa shape index (κ3) is 4.52. The van der Waals surface area contributed by atoms with E-state index >= 15 is 0 Å². The monoisotopic (exact) mass is 318 g/mol. The van der Waals surface area contributed by atoms with Crippen LogP contribution in [0.3, 0.4) is 0 Å². The molecule has 1 aromatic carbocycles. The molecule has 0 bridgehead atoms. The van der Waals surface area contributed by atoms with Gasteiger partial charge in [-0.25, -0.2) is 13.1 Å². The largest absolute Gasteiger partial charge is 0.495 e. The van der Waals surface area contributed by atoms with E-state index in [0.29, 0.717) is 0 Å². The Bertz CT molecular complexity index is 601. The van der Waals surface area contributed by atoms with Gasteiger partial charge in [-0.2, -0.15) is 0 Å². The molecule has 0 heterocycles. The summed E-state index contributed by atoms with van der Waals surface area (Å²) in [5, 5.41) is 2.71. The molecule has 6 nitrogen and oxygen atoms in total. The predicted molar refractivity (Wildman–Crippen MR) is 76.4 cm³/mol. The number of hydrogen-bond acceptors (Lipinski definition) is 4. The van der Waals surface area contributed by atoms with Crippen LogP contribution in [0.4, 0.5) is 0 Å². The van der Waals surface area contributed by atoms with Crippen LogP contribution in [-0.2, 0) is 14.8 Å². The van der Waals surface area contributed by atoms with Gasteiger partial charge in [0, 0.05) is 11.6 Å². The van der Waals surface area contributed by atoms with Crippen LogP contribution in [0.5, 0.6) is 5.75 Å². The molecular weight excluding hydrogens is 304 g/mol. The van der Waals surface area contributed by atoms with Gasteiger partial charge < -0.3 is 10.1 Å². The van der Waals surface area contributed by atoms with Gasteiger partial charge in [0.1, 0.15) is 10.6 Å². The molecule has 8 heteroatoms. The van der Waals surface area contributed by atoms with Gasteiger partial charge in [0.25, 0.3) is 0 Å². The zero-order valence-electron chi connectivity index (χ0n) is 10.8. The van der Waals surface area contributed by atoms with Crippen LogP contribution in [-0.4, -0.2) is 34.5 Å². The molecule has 1 aromatic rings. The Morgan fingerprint density at radius 2 is 2.20 bits per heavy atom. The van der Waals surface area contributed by atoms with Gasteiger partial charge in [-0.3, -0.25) is 4.79 Å². The summed E-state index contributed by atoms with van der Waals surface area (Å²) in [6.45, 7) is 3.32. The van der Waals surface area contributed by atoms with Crippen LogP contribution in [0, 0.1) is 0 Å². The highest BCUT2D eigenvalue weighted by Gasteiger charge is 2.20. The number of nitrogens with one attached hydrogen (secondary N) is 2. The molecule has 0 aromatic heterocycles. The molecule has 0 saturated heterocycles. The molecule has 110 valence electrons. The summed E-state index contributed by atoms with van der Waals surface area (Å²) in [6.07, 6.45) is 1.49. The minimum absolute atomic E-state index is 0.121. The number of sulfonamides is 1. The van der Waals surface area contributed by atoms with Gasteiger partial charge in [0.2, 0.25) is 15.9 Å². The highest BCUT2D eigenvalue weighted by atomic mass is 35.5. The molecule has 0 aliphatic rings. The Morgan fingerprint density at radius 1 is 1.50 bits per heavy atom. The van der Waals surface area contributed by atoms with Crippen LogP contribution >= 0.6 is 11.6 Å². The number of halogens is 1. The lowest BCUT2D eigenvalue weighted by atomic mass is 10.3. The van der Waals surface area contributed by atoms with Crippen LogP contribution < -0.4 is 14.8 Å². The molecule has 1 rings (SSSR count). The summed E-state index contributed by atoms with van der Waals surface area (Å²) >= 11 is 5.77. The quantitative estimate of drug-likeness (QED) is 0.732. The Kier molecular flexibility index (Phi) is 6.00. The third-order valence-corrected chi connectivity index (χ3v) is 3.94. The smallest absolute Gasteiger partial charge is 0.244 e. The van der Waals surface area contributed by atoms with E-state index in [9.17, 15) is 13.2 Å². The summed E-state index contributed by atoms with van der Waals surface area (Å²) in [7, 11) is -2.55. The molecule has 2 N–H and O–H groups in total. The first-order valence-electron chi connectivity index (χ1n) is 5.61. The van der Waals surface area contributed by atoms with Crippen molar-refractivity contribution in [2.45, 2.75) is 4.90 Å². The standard InChI is InChI=1S/C12H15ClN2O4S/c1-3-6-14-12(16)8-15-20(17,18)11-7-9(13)4-5-10(11)19-2/h3-5,7,15H,1,6,8H2,2H3,(H,14,16). The molecule has 0 aliphatic carbocycles. The first-order valence-corrected chi connectivity index (χ1v) is 7.47. The van der Waals surface area contributed by atoms with Gasteiger partial charge in [0.05, 0.1) is 13.7 Å². The van der Waals surface area contributed by atoms with Crippen molar-refractivity contribution in [3.8, 4) is 5.75 Å². The number of benzene rings is 1. The lowest BCUT2D eigenvalue weighted by Crippen LogP contribution is -2.37. The average molecular weight is 319 g/mol. The van der Waals surface area contributed by atoms with Crippen molar-refractivity contribution in [2.24, 2.45) is 0 Å². The zero-order chi connectivity index (χ0) is 15.2. The van der Waals surface area contributed by atoms with E-state index < -0.39 is 15.9 Å². The van der Waals surface area contributed by atoms with Crippen molar-refractivity contribution in [3.05, 3.63) is 35.9 Å². The Labute approximate surface area is 122 Å². The maximum atomic E-state index is 12.1. The predicted octanol–water partition coefficient (Wildman–Crippen LogP) is 0.929. The average Bonchev–Trinajstić information content (AvgIpc) is 2.43. The number of amides is 1. The van der Waals surface area contributed by atoms with Crippen molar-refractivity contribution in [1.29, 1.82) is 0 Å². The number of methoxy groups -OCH3 is 1. The van der Waals surface area contributed by atoms with Crippen molar-refractivity contribution < 1.29 is 17.9 Å². The second-order valence-electron chi connectivity index (χ2n) is 3.71. The maximum Gasteiger partial charge on any atom is 0.244 e.